The summed E-state index contributed by atoms with van der Waals surface area (Å²) in [7, 11) is 4.81. The lowest BCUT2D eigenvalue weighted by atomic mass is 10.1. The highest BCUT2D eigenvalue weighted by atomic mass is 16.5. The number of hydrogen-bond donors (Lipinski definition) is 2. The van der Waals surface area contributed by atoms with Crippen LogP contribution in [0.25, 0.3) is 10.9 Å². The molecule has 1 heterocycles. The Morgan fingerprint density at radius 2 is 1.95 bits per heavy atom. The molecule has 0 radical (unpaired) electrons. The number of nitrogen functional groups attached to an aromatic ring is 1. The Morgan fingerprint density at radius 3 is 2.53 bits per heavy atom. The fourth-order valence-corrected chi connectivity index (χ4v) is 1.98. The van der Waals surface area contributed by atoms with Crippen LogP contribution in [-0.4, -0.2) is 26.3 Å². The molecule has 0 unspecified atom stereocenters. The van der Waals surface area contributed by atoms with E-state index in [1.807, 2.05) is 12.1 Å². The zero-order valence-corrected chi connectivity index (χ0v) is 11.2. The summed E-state index contributed by atoms with van der Waals surface area (Å²) in [6.45, 7) is 0.407. The third-order valence-corrected chi connectivity index (χ3v) is 2.80. The van der Waals surface area contributed by atoms with Gasteiger partial charge in [0.1, 0.15) is 11.5 Å². The minimum absolute atomic E-state index is 0.407. The van der Waals surface area contributed by atoms with Gasteiger partial charge in [-0.15, -0.1) is 0 Å². The molecule has 0 bridgehead atoms. The number of nitrogens with one attached hydrogen (secondary N) is 1. The maximum Gasteiger partial charge on any atom is 0.134 e. The van der Waals surface area contributed by atoms with Crippen LogP contribution >= 0.6 is 0 Å². The molecule has 0 saturated heterocycles. The Bertz CT molecular complexity index is 587. The van der Waals surface area contributed by atoms with E-state index in [9.17, 15) is 0 Å². The van der Waals surface area contributed by atoms with E-state index in [0.717, 1.165) is 22.3 Å². The van der Waals surface area contributed by atoms with Gasteiger partial charge in [-0.25, -0.2) is 4.98 Å². The van der Waals surface area contributed by atoms with Gasteiger partial charge in [0.15, 0.2) is 0 Å². The van der Waals surface area contributed by atoms with Gasteiger partial charge in [-0.2, -0.15) is 0 Å². The van der Waals surface area contributed by atoms with E-state index in [0.29, 0.717) is 18.1 Å². The fourth-order valence-electron chi connectivity index (χ4n) is 1.98. The number of nitrogens with zero attached hydrogens (tertiary/aromatic N) is 1. The van der Waals surface area contributed by atoms with Gasteiger partial charge < -0.3 is 19.6 Å². The monoisotopic (exact) mass is 263 g/mol. The van der Waals surface area contributed by atoms with Crippen molar-refractivity contribution in [3.63, 3.8) is 0 Å². The van der Waals surface area contributed by atoms with Crippen molar-refractivity contribution >= 4 is 16.6 Å². The Balaban J connectivity index is 2.73. The van der Waals surface area contributed by atoms with Gasteiger partial charge >= 0.3 is 0 Å². The zero-order valence-electron chi connectivity index (χ0n) is 11.2. The normalized spacial score (nSPS) is 10.5. The first-order valence-electron chi connectivity index (χ1n) is 5.74. The highest BCUT2D eigenvalue weighted by Crippen LogP contribution is 2.35. The third kappa shape index (κ3) is 2.54. The number of benzene rings is 1. The summed E-state index contributed by atoms with van der Waals surface area (Å²) < 4.78 is 15.7. The molecular weight excluding hydrogens is 246 g/mol. The molecule has 2 rings (SSSR count). The smallest absolute Gasteiger partial charge is 0.134 e. The van der Waals surface area contributed by atoms with Gasteiger partial charge in [-0.1, -0.05) is 0 Å². The van der Waals surface area contributed by atoms with Crippen LogP contribution in [0, 0.1) is 0 Å². The van der Waals surface area contributed by atoms with Crippen molar-refractivity contribution < 1.29 is 14.2 Å². The van der Waals surface area contributed by atoms with Crippen LogP contribution in [-0.2, 0) is 11.3 Å². The first-order chi connectivity index (χ1) is 9.23. The van der Waals surface area contributed by atoms with Gasteiger partial charge in [0.25, 0.3) is 0 Å². The maximum absolute atomic E-state index is 5.57. The molecule has 6 nitrogen and oxygen atoms in total. The summed E-state index contributed by atoms with van der Waals surface area (Å²) in [4.78, 5) is 4.51. The topological polar surface area (TPSA) is 78.6 Å². The van der Waals surface area contributed by atoms with Gasteiger partial charge in [0, 0.05) is 19.2 Å². The zero-order chi connectivity index (χ0) is 13.8. The van der Waals surface area contributed by atoms with Crippen LogP contribution in [0.15, 0.2) is 18.2 Å². The van der Waals surface area contributed by atoms with Crippen LogP contribution in [0.4, 0.5) is 5.69 Å². The van der Waals surface area contributed by atoms with E-state index < -0.39 is 0 Å². The molecular formula is C13H17N3O3. The van der Waals surface area contributed by atoms with Crippen molar-refractivity contribution in [1.82, 2.24) is 4.98 Å². The van der Waals surface area contributed by atoms with Crippen molar-refractivity contribution in [1.29, 1.82) is 0 Å². The van der Waals surface area contributed by atoms with E-state index in [2.05, 4.69) is 10.4 Å². The minimum atomic E-state index is 0.407. The van der Waals surface area contributed by atoms with Crippen LogP contribution < -0.4 is 20.7 Å². The van der Waals surface area contributed by atoms with E-state index in [4.69, 9.17) is 20.1 Å². The van der Waals surface area contributed by atoms with Crippen molar-refractivity contribution in [2.45, 2.75) is 6.61 Å². The second kappa shape index (κ2) is 5.73. The standard InChI is InChI=1S/C13H17N3O3/c1-17-7-8-4-11(16-14)13-10(15-8)5-9(18-2)6-12(13)19-3/h4-6H,7,14H2,1-3H3,(H,15,16). The number of methoxy groups -OCH3 is 3. The SMILES string of the molecule is COCc1cc(NN)c2c(OC)cc(OC)cc2n1. The predicted octanol–water partition coefficient (Wildman–Crippen LogP) is 1.68. The average Bonchev–Trinajstić information content (AvgIpc) is 2.45. The lowest BCUT2D eigenvalue weighted by Gasteiger charge is -2.13. The molecule has 0 spiro atoms. The van der Waals surface area contributed by atoms with E-state index in [1.165, 1.54) is 0 Å². The number of hydrogen-bond acceptors (Lipinski definition) is 6. The second-order valence-corrected chi connectivity index (χ2v) is 3.96. The lowest BCUT2D eigenvalue weighted by Crippen LogP contribution is -2.09. The Hall–Kier alpha value is -2.05. The molecule has 0 aliphatic rings. The largest absolute Gasteiger partial charge is 0.497 e. The average molecular weight is 263 g/mol. The van der Waals surface area contributed by atoms with Crippen molar-refractivity contribution in [2.75, 3.05) is 26.8 Å². The summed E-state index contributed by atoms with van der Waals surface area (Å²) in [6, 6.07) is 5.46. The van der Waals surface area contributed by atoms with E-state index in [-0.39, 0.29) is 0 Å². The van der Waals surface area contributed by atoms with E-state index in [1.54, 1.807) is 27.4 Å². The highest BCUT2D eigenvalue weighted by molar-refractivity contribution is 5.97. The predicted molar refractivity (Wildman–Crippen MR) is 73.4 cm³/mol. The van der Waals surface area contributed by atoms with Crippen LogP contribution in [0.3, 0.4) is 0 Å². The first-order valence-corrected chi connectivity index (χ1v) is 5.74. The van der Waals surface area contributed by atoms with Crippen molar-refractivity contribution in [3.8, 4) is 11.5 Å². The number of ether oxygens (including phenoxy) is 3. The highest BCUT2D eigenvalue weighted by Gasteiger charge is 2.12. The molecule has 19 heavy (non-hydrogen) atoms. The molecule has 0 fully saturated rings. The number of nitrogens with two attached hydrogens (primary N) is 1. The summed E-state index contributed by atoms with van der Waals surface area (Å²) in [5.41, 5.74) is 4.91. The fraction of sp³-hybridized carbons (Fsp3) is 0.308. The molecule has 0 amide bonds. The number of pyridine rings is 1. The molecule has 0 atom stereocenters. The summed E-state index contributed by atoms with van der Waals surface area (Å²) >= 11 is 0. The lowest BCUT2D eigenvalue weighted by molar-refractivity contribution is 0.182. The van der Waals surface area contributed by atoms with Crippen molar-refractivity contribution in [2.24, 2.45) is 5.84 Å². The molecule has 0 saturated carbocycles. The summed E-state index contributed by atoms with van der Waals surface area (Å²) in [5, 5.41) is 0.811. The number of hydrazine groups is 1. The Labute approximate surface area is 111 Å². The van der Waals surface area contributed by atoms with Crippen LogP contribution in [0.5, 0.6) is 11.5 Å². The van der Waals surface area contributed by atoms with Crippen LogP contribution in [0.1, 0.15) is 5.69 Å². The number of aromatic nitrogens is 1. The number of anilines is 1. The quantitative estimate of drug-likeness (QED) is 0.631. The molecule has 102 valence electrons. The van der Waals surface area contributed by atoms with Gasteiger partial charge in [0.05, 0.1) is 43.1 Å². The summed E-state index contributed by atoms with van der Waals surface area (Å²) in [5.74, 6) is 6.90. The molecule has 3 N–H and O–H groups in total. The second-order valence-electron chi connectivity index (χ2n) is 3.96. The minimum Gasteiger partial charge on any atom is -0.497 e. The molecule has 0 aliphatic carbocycles. The maximum atomic E-state index is 5.57. The molecule has 1 aromatic heterocycles. The first kappa shape index (κ1) is 13.4. The van der Waals surface area contributed by atoms with Crippen LogP contribution in [0.2, 0.25) is 0 Å². The van der Waals surface area contributed by atoms with Gasteiger partial charge in [-0.05, 0) is 6.07 Å². The number of rotatable bonds is 5. The van der Waals surface area contributed by atoms with Gasteiger partial charge in [-0.3, -0.25) is 5.84 Å². The molecule has 0 aliphatic heterocycles. The Morgan fingerprint density at radius 1 is 1.16 bits per heavy atom. The molecule has 6 heteroatoms. The van der Waals surface area contributed by atoms with Gasteiger partial charge in [0.2, 0.25) is 0 Å². The third-order valence-electron chi connectivity index (χ3n) is 2.80. The number of fused-ring (bicyclic) bond motifs is 1. The molecule has 1 aromatic carbocycles. The van der Waals surface area contributed by atoms with E-state index >= 15 is 0 Å². The van der Waals surface area contributed by atoms with Crippen molar-refractivity contribution in [3.05, 3.63) is 23.9 Å². The summed E-state index contributed by atoms with van der Waals surface area (Å²) in [6.07, 6.45) is 0. The molecule has 2 aromatic rings. The Kier molecular flexibility index (Phi) is 4.03.